The van der Waals surface area contributed by atoms with Crippen LogP contribution >= 0.6 is 0 Å². The van der Waals surface area contributed by atoms with Crippen LogP contribution in [0.5, 0.6) is 0 Å². The molecule has 4 N–H and O–H groups in total. The van der Waals surface area contributed by atoms with Gasteiger partial charge in [-0.15, -0.1) is 0 Å². The van der Waals surface area contributed by atoms with Gasteiger partial charge in [-0.1, -0.05) is 19.9 Å². The number of nitrogens with one attached hydrogen (secondary N) is 1. The van der Waals surface area contributed by atoms with Gasteiger partial charge in [-0.3, -0.25) is 0 Å². The number of carbonyl (C=O) groups excluding carboxylic acids is 2. The number of nitrogen functional groups attached to an aromatic ring is 1. The van der Waals surface area contributed by atoms with Crippen molar-refractivity contribution in [3.05, 3.63) is 42.1 Å². The van der Waals surface area contributed by atoms with E-state index in [-0.39, 0.29) is 12.5 Å². The predicted octanol–water partition coefficient (Wildman–Crippen LogP) is 5.68. The van der Waals surface area contributed by atoms with Crippen molar-refractivity contribution in [3.63, 3.8) is 0 Å². The standard InChI is InChI=1S/C31H45N7O5/c1-19(2)22-17-34-38-26(37(29(41)43-31(6,7)8)21-12-9-11-20(32)15-21)16-25(35-27(22)38)33-18-23-24(39)13-10-14-36(23)28(40)42-30(3,4)5/h9,11-12,15-17,19,23-24,39H,10,13-14,18,32H2,1-8H3,(H,33,35). The first-order valence-electron chi connectivity index (χ1n) is 14.7. The van der Waals surface area contributed by atoms with Crippen LogP contribution in [-0.2, 0) is 9.47 Å². The van der Waals surface area contributed by atoms with Gasteiger partial charge in [-0.2, -0.15) is 9.61 Å². The number of carbonyl (C=O) groups is 2. The summed E-state index contributed by atoms with van der Waals surface area (Å²) in [6.45, 7) is 15.6. The van der Waals surface area contributed by atoms with Crippen molar-refractivity contribution in [2.45, 2.75) is 97.5 Å². The van der Waals surface area contributed by atoms with Crippen LogP contribution in [0.1, 0.15) is 79.7 Å². The fourth-order valence-electron chi connectivity index (χ4n) is 4.96. The van der Waals surface area contributed by atoms with E-state index in [0.717, 1.165) is 5.56 Å². The van der Waals surface area contributed by atoms with Crippen molar-refractivity contribution >= 4 is 40.8 Å². The number of nitrogens with zero attached hydrogens (tertiary/aromatic N) is 5. The molecular weight excluding hydrogens is 550 g/mol. The van der Waals surface area contributed by atoms with E-state index in [4.69, 9.17) is 20.2 Å². The summed E-state index contributed by atoms with van der Waals surface area (Å²) in [6, 6.07) is 8.11. The SMILES string of the molecule is CC(C)c1cnn2c(N(C(=O)OC(C)(C)C)c3cccc(N)c3)cc(NCC3C(O)CCCN3C(=O)OC(C)(C)C)nc12. The van der Waals surface area contributed by atoms with Gasteiger partial charge >= 0.3 is 12.2 Å². The van der Waals surface area contributed by atoms with Crippen LogP contribution in [0.15, 0.2) is 36.5 Å². The molecule has 1 aromatic carbocycles. The second-order valence-electron chi connectivity index (χ2n) is 13.2. The first-order chi connectivity index (χ1) is 20.0. The van der Waals surface area contributed by atoms with Crippen LogP contribution < -0.4 is 16.0 Å². The lowest BCUT2D eigenvalue weighted by atomic mass is 9.99. The molecule has 4 rings (SSSR count). The number of benzene rings is 1. The van der Waals surface area contributed by atoms with Gasteiger partial charge in [0.2, 0.25) is 0 Å². The number of aliphatic hydroxyl groups excluding tert-OH is 1. The van der Waals surface area contributed by atoms with Gasteiger partial charge in [-0.05, 0) is 78.5 Å². The van der Waals surface area contributed by atoms with Crippen molar-refractivity contribution in [3.8, 4) is 0 Å². The fraction of sp³-hybridized carbons (Fsp3) is 0.548. The Labute approximate surface area is 253 Å². The highest BCUT2D eigenvalue weighted by Gasteiger charge is 2.36. The maximum absolute atomic E-state index is 13.7. The lowest BCUT2D eigenvalue weighted by Gasteiger charge is -2.39. The average molecular weight is 596 g/mol. The van der Waals surface area contributed by atoms with E-state index in [0.29, 0.717) is 48.0 Å². The number of fused-ring (bicyclic) bond motifs is 1. The van der Waals surface area contributed by atoms with Gasteiger partial charge < -0.3 is 30.5 Å². The van der Waals surface area contributed by atoms with Gasteiger partial charge in [0, 0.05) is 30.4 Å². The van der Waals surface area contributed by atoms with E-state index >= 15 is 0 Å². The highest BCUT2D eigenvalue weighted by molar-refractivity contribution is 5.96. The Balaban J connectivity index is 1.78. The molecule has 1 saturated heterocycles. The molecular formula is C31H45N7O5. The third-order valence-corrected chi connectivity index (χ3v) is 6.90. The number of piperidine rings is 1. The highest BCUT2D eigenvalue weighted by Crippen LogP contribution is 2.33. The number of aliphatic hydroxyl groups is 1. The van der Waals surface area contributed by atoms with E-state index in [1.165, 1.54) is 4.90 Å². The van der Waals surface area contributed by atoms with Crippen LogP contribution in [0.4, 0.5) is 32.6 Å². The van der Waals surface area contributed by atoms with Crippen LogP contribution in [0.25, 0.3) is 5.65 Å². The molecule has 3 aromatic rings. The largest absolute Gasteiger partial charge is 0.444 e. The van der Waals surface area contributed by atoms with E-state index in [1.54, 1.807) is 66.7 Å². The van der Waals surface area contributed by atoms with Gasteiger partial charge in [0.15, 0.2) is 5.65 Å². The topological polar surface area (TPSA) is 148 Å². The monoisotopic (exact) mass is 595 g/mol. The van der Waals surface area contributed by atoms with E-state index in [2.05, 4.69) is 10.4 Å². The first kappa shape index (κ1) is 31.9. The minimum atomic E-state index is -0.766. The molecule has 0 radical (unpaired) electrons. The summed E-state index contributed by atoms with van der Waals surface area (Å²) >= 11 is 0. The summed E-state index contributed by atoms with van der Waals surface area (Å²) in [6.07, 6.45) is 1.13. The lowest BCUT2D eigenvalue weighted by molar-refractivity contribution is -0.0195. The number of hydrogen-bond acceptors (Lipinski definition) is 9. The van der Waals surface area contributed by atoms with Crippen LogP contribution in [0.3, 0.4) is 0 Å². The molecule has 0 aliphatic carbocycles. The van der Waals surface area contributed by atoms with Gasteiger partial charge in [0.05, 0.1) is 24.0 Å². The van der Waals surface area contributed by atoms with Crippen molar-refractivity contribution in [2.24, 2.45) is 0 Å². The van der Waals surface area contributed by atoms with Crippen molar-refractivity contribution in [1.82, 2.24) is 19.5 Å². The zero-order valence-corrected chi connectivity index (χ0v) is 26.4. The average Bonchev–Trinajstić information content (AvgIpc) is 3.30. The zero-order valence-electron chi connectivity index (χ0n) is 26.4. The molecule has 234 valence electrons. The summed E-state index contributed by atoms with van der Waals surface area (Å²) in [5.41, 5.74) is 7.10. The molecule has 12 heteroatoms. The van der Waals surface area contributed by atoms with E-state index in [9.17, 15) is 14.7 Å². The smallest absolute Gasteiger partial charge is 0.420 e. The van der Waals surface area contributed by atoms with Crippen molar-refractivity contribution in [1.29, 1.82) is 0 Å². The molecule has 2 aromatic heterocycles. The Hall–Kier alpha value is -4.06. The number of hydrogen-bond donors (Lipinski definition) is 3. The van der Waals surface area contributed by atoms with Crippen molar-refractivity contribution < 1.29 is 24.2 Å². The fourth-order valence-corrected chi connectivity index (χ4v) is 4.96. The Bertz CT molecular complexity index is 1460. The van der Waals surface area contributed by atoms with Gasteiger partial charge in [-0.25, -0.2) is 19.5 Å². The minimum Gasteiger partial charge on any atom is -0.444 e. The zero-order chi connectivity index (χ0) is 31.7. The number of nitrogens with two attached hydrogens (primary N) is 1. The highest BCUT2D eigenvalue weighted by atomic mass is 16.6. The number of amides is 2. The Morgan fingerprint density at radius 1 is 1.14 bits per heavy atom. The maximum atomic E-state index is 13.7. The van der Waals surface area contributed by atoms with E-state index in [1.807, 2.05) is 34.6 Å². The number of aromatic nitrogens is 3. The summed E-state index contributed by atoms with van der Waals surface area (Å²) in [5.74, 6) is 0.912. The molecule has 12 nitrogen and oxygen atoms in total. The Kier molecular flexibility index (Phi) is 9.10. The molecule has 0 spiro atoms. The Morgan fingerprint density at radius 3 is 2.47 bits per heavy atom. The summed E-state index contributed by atoms with van der Waals surface area (Å²) in [7, 11) is 0. The minimum absolute atomic E-state index is 0.0956. The molecule has 2 unspecified atom stereocenters. The number of rotatable bonds is 6. The molecule has 1 aliphatic rings. The number of likely N-dealkylation sites (tertiary alicyclic amines) is 1. The quantitative estimate of drug-likeness (QED) is 0.306. The molecule has 0 saturated carbocycles. The molecule has 3 heterocycles. The molecule has 2 amide bonds. The molecule has 2 atom stereocenters. The van der Waals surface area contributed by atoms with Gasteiger partial charge in [0.25, 0.3) is 0 Å². The predicted molar refractivity (Wildman–Crippen MR) is 167 cm³/mol. The summed E-state index contributed by atoms with van der Waals surface area (Å²) in [4.78, 5) is 34.6. The third kappa shape index (κ3) is 7.67. The summed E-state index contributed by atoms with van der Waals surface area (Å²) in [5, 5.41) is 18.8. The van der Waals surface area contributed by atoms with E-state index < -0.39 is 35.5 Å². The lowest BCUT2D eigenvalue weighted by Crippen LogP contribution is -2.55. The van der Waals surface area contributed by atoms with Crippen molar-refractivity contribution in [2.75, 3.05) is 29.0 Å². The number of ether oxygens (including phenoxy) is 2. The second-order valence-corrected chi connectivity index (χ2v) is 13.2. The molecule has 1 fully saturated rings. The maximum Gasteiger partial charge on any atom is 0.420 e. The summed E-state index contributed by atoms with van der Waals surface area (Å²) < 4.78 is 13.0. The van der Waals surface area contributed by atoms with Crippen LogP contribution in [0.2, 0.25) is 0 Å². The molecule has 0 bridgehead atoms. The first-order valence-corrected chi connectivity index (χ1v) is 14.7. The molecule has 43 heavy (non-hydrogen) atoms. The van der Waals surface area contributed by atoms with Crippen LogP contribution in [-0.4, -0.2) is 73.2 Å². The Morgan fingerprint density at radius 2 is 1.84 bits per heavy atom. The second kappa shape index (κ2) is 12.3. The third-order valence-electron chi connectivity index (χ3n) is 6.90. The normalized spacial score (nSPS) is 17.7. The molecule has 1 aliphatic heterocycles. The van der Waals surface area contributed by atoms with Gasteiger partial charge in [0.1, 0.15) is 22.8 Å². The van der Waals surface area contributed by atoms with Crippen LogP contribution in [0, 0.1) is 0 Å². The number of anilines is 4.